The van der Waals surface area contributed by atoms with Gasteiger partial charge in [-0.05, 0) is 57.2 Å². The Labute approximate surface area is 188 Å². The highest BCUT2D eigenvalue weighted by atomic mass is 16.6. The van der Waals surface area contributed by atoms with E-state index in [4.69, 9.17) is 5.11 Å². The molecule has 1 aliphatic heterocycles. The number of hydrazone groups is 1. The van der Waals surface area contributed by atoms with E-state index in [-0.39, 0.29) is 17.2 Å². The number of aromatic nitrogens is 2. The molecule has 166 valence electrons. The summed E-state index contributed by atoms with van der Waals surface area (Å²) < 4.78 is 1.60. The molecule has 0 fully saturated rings. The molecule has 0 saturated heterocycles. The van der Waals surface area contributed by atoms with Gasteiger partial charge in [0.25, 0.3) is 11.6 Å². The molecule has 0 bridgehead atoms. The van der Waals surface area contributed by atoms with Crippen molar-refractivity contribution < 1.29 is 19.6 Å². The van der Waals surface area contributed by atoms with Crippen LogP contribution in [0.3, 0.4) is 0 Å². The fourth-order valence-corrected chi connectivity index (χ4v) is 3.60. The van der Waals surface area contributed by atoms with E-state index in [1.54, 1.807) is 36.7 Å². The van der Waals surface area contributed by atoms with Crippen molar-refractivity contribution in [1.82, 2.24) is 9.78 Å². The minimum atomic E-state index is -1.05. The summed E-state index contributed by atoms with van der Waals surface area (Å²) in [4.78, 5) is 34.8. The quantitative estimate of drug-likeness (QED) is 0.360. The predicted octanol–water partition coefficient (Wildman–Crippen LogP) is 3.90. The highest BCUT2D eigenvalue weighted by Crippen LogP contribution is 2.28. The number of hydrogen-bond acceptors (Lipinski definition) is 6. The first-order valence-corrected chi connectivity index (χ1v) is 9.93. The highest BCUT2D eigenvalue weighted by Gasteiger charge is 2.29. The highest BCUT2D eigenvalue weighted by molar-refractivity contribution is 6.32. The Morgan fingerprint density at radius 3 is 2.42 bits per heavy atom. The molecule has 0 saturated carbocycles. The number of benzene rings is 2. The van der Waals surface area contributed by atoms with E-state index < -0.39 is 10.9 Å². The van der Waals surface area contributed by atoms with Crippen LogP contribution in [0.5, 0.6) is 0 Å². The van der Waals surface area contributed by atoms with E-state index in [1.165, 1.54) is 41.4 Å². The number of aryl methyl sites for hydroxylation is 1. The molecule has 3 aromatic rings. The van der Waals surface area contributed by atoms with Gasteiger partial charge in [0.05, 0.1) is 38.8 Å². The van der Waals surface area contributed by atoms with Crippen LogP contribution in [0.2, 0.25) is 0 Å². The molecule has 1 N–H and O–H groups in total. The predicted molar refractivity (Wildman–Crippen MR) is 122 cm³/mol. The van der Waals surface area contributed by atoms with E-state index in [9.17, 15) is 19.7 Å². The second-order valence-corrected chi connectivity index (χ2v) is 7.49. The Kier molecular flexibility index (Phi) is 5.34. The Hall–Kier alpha value is -4.60. The average molecular weight is 445 g/mol. The lowest BCUT2D eigenvalue weighted by Gasteiger charge is -2.11. The van der Waals surface area contributed by atoms with Crippen LogP contribution in [0.25, 0.3) is 11.8 Å². The van der Waals surface area contributed by atoms with Crippen molar-refractivity contribution in [3.05, 3.63) is 86.7 Å². The van der Waals surface area contributed by atoms with Gasteiger partial charge in [0.2, 0.25) is 0 Å². The van der Waals surface area contributed by atoms with Gasteiger partial charge in [-0.15, -0.1) is 0 Å². The van der Waals surface area contributed by atoms with E-state index in [0.717, 1.165) is 0 Å². The number of carboxylic acid groups (broad SMARTS) is 1. The van der Waals surface area contributed by atoms with Gasteiger partial charge in [-0.2, -0.15) is 15.2 Å². The summed E-state index contributed by atoms with van der Waals surface area (Å²) in [6.07, 6.45) is 1.71. The number of anilines is 1. The molecule has 33 heavy (non-hydrogen) atoms. The third kappa shape index (κ3) is 3.89. The molecule has 4 rings (SSSR count). The lowest BCUT2D eigenvalue weighted by Crippen LogP contribution is -2.21. The fraction of sp³-hybridized carbons (Fsp3) is 0.130. The van der Waals surface area contributed by atoms with Crippen molar-refractivity contribution >= 4 is 35.0 Å². The summed E-state index contributed by atoms with van der Waals surface area (Å²) >= 11 is 0. The number of nitrogens with zero attached hydrogens (tertiary/aromatic N) is 5. The molecule has 10 nitrogen and oxygen atoms in total. The van der Waals surface area contributed by atoms with Crippen LogP contribution in [0.1, 0.15) is 34.2 Å². The third-order valence-electron chi connectivity index (χ3n) is 5.34. The Morgan fingerprint density at radius 2 is 1.79 bits per heavy atom. The van der Waals surface area contributed by atoms with Crippen LogP contribution < -0.4 is 5.01 Å². The van der Waals surface area contributed by atoms with E-state index >= 15 is 0 Å². The first-order valence-electron chi connectivity index (χ1n) is 9.93. The molecule has 0 aliphatic carbocycles. The van der Waals surface area contributed by atoms with Gasteiger partial charge in [0, 0.05) is 23.4 Å². The van der Waals surface area contributed by atoms with Gasteiger partial charge in [0.1, 0.15) is 0 Å². The number of carboxylic acids is 1. The Morgan fingerprint density at radius 1 is 1.09 bits per heavy atom. The number of amides is 1. The second kappa shape index (κ2) is 8.15. The van der Waals surface area contributed by atoms with Crippen LogP contribution >= 0.6 is 0 Å². The normalized spacial score (nSPS) is 14.6. The van der Waals surface area contributed by atoms with Gasteiger partial charge in [-0.1, -0.05) is 6.07 Å². The number of nitro benzene ring substituents is 1. The van der Waals surface area contributed by atoms with Crippen molar-refractivity contribution in [2.45, 2.75) is 20.8 Å². The third-order valence-corrected chi connectivity index (χ3v) is 5.34. The molecular weight excluding hydrogens is 426 g/mol. The van der Waals surface area contributed by atoms with Gasteiger partial charge in [0.15, 0.2) is 0 Å². The van der Waals surface area contributed by atoms with Gasteiger partial charge in [-0.25, -0.2) is 9.48 Å². The van der Waals surface area contributed by atoms with Gasteiger partial charge < -0.3 is 5.11 Å². The summed E-state index contributed by atoms with van der Waals surface area (Å²) in [5, 5.41) is 30.2. The Bertz CT molecular complexity index is 1370. The smallest absolute Gasteiger partial charge is 0.335 e. The maximum absolute atomic E-state index is 13.1. The largest absolute Gasteiger partial charge is 0.478 e. The molecule has 1 aromatic heterocycles. The number of carbonyl (C=O) groups excluding carboxylic acids is 1. The molecule has 0 atom stereocenters. The van der Waals surface area contributed by atoms with Crippen LogP contribution in [-0.4, -0.2) is 37.4 Å². The average Bonchev–Trinajstić information content (AvgIpc) is 3.24. The minimum absolute atomic E-state index is 0.0431. The first kappa shape index (κ1) is 21.6. The molecule has 2 heterocycles. The number of rotatable bonds is 5. The molecule has 0 unspecified atom stereocenters. The van der Waals surface area contributed by atoms with Crippen molar-refractivity contribution in [3.63, 3.8) is 0 Å². The van der Waals surface area contributed by atoms with Crippen LogP contribution in [0.4, 0.5) is 11.4 Å². The van der Waals surface area contributed by atoms with Crippen LogP contribution in [0.15, 0.2) is 59.2 Å². The molecule has 10 heteroatoms. The van der Waals surface area contributed by atoms with Crippen molar-refractivity contribution in [2.75, 3.05) is 5.01 Å². The molecule has 0 spiro atoms. The van der Waals surface area contributed by atoms with Crippen LogP contribution in [-0.2, 0) is 4.79 Å². The number of nitro groups is 1. The first-order chi connectivity index (χ1) is 15.7. The maximum atomic E-state index is 13.1. The van der Waals surface area contributed by atoms with Gasteiger partial charge in [-0.3, -0.25) is 14.9 Å². The van der Waals surface area contributed by atoms with E-state index in [2.05, 4.69) is 10.2 Å². The zero-order valence-electron chi connectivity index (χ0n) is 18.0. The zero-order chi connectivity index (χ0) is 23.9. The number of carbonyl (C=O) groups is 2. The number of aromatic carboxylic acids is 1. The number of non-ortho nitro benzene ring substituents is 1. The summed E-state index contributed by atoms with van der Waals surface area (Å²) in [7, 11) is 0. The lowest BCUT2D eigenvalue weighted by atomic mass is 10.1. The van der Waals surface area contributed by atoms with E-state index in [1.807, 2.05) is 6.92 Å². The zero-order valence-corrected chi connectivity index (χ0v) is 18.0. The molecule has 1 aliphatic rings. The molecule has 0 radical (unpaired) electrons. The second-order valence-electron chi connectivity index (χ2n) is 7.49. The molecule has 1 amide bonds. The summed E-state index contributed by atoms with van der Waals surface area (Å²) in [6, 6.07) is 12.0. The van der Waals surface area contributed by atoms with Gasteiger partial charge >= 0.3 is 5.97 Å². The maximum Gasteiger partial charge on any atom is 0.335 e. The van der Waals surface area contributed by atoms with Crippen molar-refractivity contribution in [1.29, 1.82) is 0 Å². The standard InChI is InChI=1S/C23H19N5O5/c1-13-20(15(3)26(24-13)18-5-4-6-19(11-18)28(32)33)12-21-14(2)25-27(22(21)29)17-9-7-16(8-10-17)23(30)31/h4-12H,1-3H3,(H,30,31)/b21-12-. The van der Waals surface area contributed by atoms with Crippen LogP contribution in [0, 0.1) is 24.0 Å². The number of hydrogen-bond donors (Lipinski definition) is 1. The summed E-state index contributed by atoms with van der Waals surface area (Å²) in [5.41, 5.74) is 4.02. The topological polar surface area (TPSA) is 131 Å². The molecular formula is C23H19N5O5. The lowest BCUT2D eigenvalue weighted by molar-refractivity contribution is -0.384. The Balaban J connectivity index is 1.69. The van der Waals surface area contributed by atoms with Crippen molar-refractivity contribution in [3.8, 4) is 5.69 Å². The molecule has 2 aromatic carbocycles. The van der Waals surface area contributed by atoms with Crippen molar-refractivity contribution in [2.24, 2.45) is 5.10 Å². The SMILES string of the molecule is CC1=NN(c2ccc(C(=O)O)cc2)C(=O)/C1=C\c1c(C)nn(-c2cccc([N+](=O)[O-])c2)c1C. The summed E-state index contributed by atoms with van der Waals surface area (Å²) in [6.45, 7) is 5.33. The fourth-order valence-electron chi connectivity index (χ4n) is 3.60. The minimum Gasteiger partial charge on any atom is -0.478 e. The monoisotopic (exact) mass is 445 g/mol. The summed E-state index contributed by atoms with van der Waals surface area (Å²) in [5.74, 6) is -1.40. The van der Waals surface area contributed by atoms with E-state index in [0.29, 0.717) is 39.6 Å².